The third kappa shape index (κ3) is 2.01. The molecule has 0 amide bonds. The van der Waals surface area contributed by atoms with Crippen LogP contribution in [-0.2, 0) is 0 Å². The predicted octanol–water partition coefficient (Wildman–Crippen LogP) is 1.38. The minimum Gasteiger partial charge on any atom is -0.283 e. The molecule has 1 heterocycles. The van der Waals surface area contributed by atoms with Gasteiger partial charge in [0.25, 0.3) is 0 Å². The van der Waals surface area contributed by atoms with Crippen molar-refractivity contribution in [1.29, 1.82) is 0 Å². The van der Waals surface area contributed by atoms with Crippen molar-refractivity contribution in [2.75, 3.05) is 6.54 Å². The van der Waals surface area contributed by atoms with E-state index in [0.29, 0.717) is 0 Å². The molecule has 0 fully saturated rings. The molecular formula is C7H10N2S. The molecule has 1 aliphatic heterocycles. The number of rotatable bonds is 3. The van der Waals surface area contributed by atoms with Crippen LogP contribution in [0.25, 0.3) is 0 Å². The molecule has 0 bridgehead atoms. The second kappa shape index (κ2) is 3.58. The number of hydrogen-bond acceptors (Lipinski definition) is 3. The maximum atomic E-state index is 4.13. The van der Waals surface area contributed by atoms with Gasteiger partial charge in [0.05, 0.1) is 0 Å². The Hall–Kier alpha value is -0.540. The fourth-order valence-corrected chi connectivity index (χ4v) is 1.34. The predicted molar refractivity (Wildman–Crippen MR) is 47.2 cm³/mol. The van der Waals surface area contributed by atoms with Gasteiger partial charge in [0.15, 0.2) is 5.50 Å². The summed E-state index contributed by atoms with van der Waals surface area (Å²) in [7, 11) is 0. The second-order valence-corrected chi connectivity index (χ2v) is 3.12. The molecule has 0 radical (unpaired) electrons. The average Bonchev–Trinajstić information content (AvgIpc) is 2.31. The molecule has 0 spiro atoms. The fourth-order valence-electron chi connectivity index (χ4n) is 0.634. The van der Waals surface area contributed by atoms with Crippen LogP contribution in [0.15, 0.2) is 29.1 Å². The van der Waals surface area contributed by atoms with Crippen molar-refractivity contribution >= 4 is 18.0 Å². The monoisotopic (exact) mass is 154 g/mol. The number of allylic oxidation sites excluding steroid dienone is 1. The van der Waals surface area contributed by atoms with Gasteiger partial charge >= 0.3 is 0 Å². The molecule has 1 atom stereocenters. The summed E-state index contributed by atoms with van der Waals surface area (Å²) in [5, 5.41) is 3.15. The van der Waals surface area contributed by atoms with Crippen LogP contribution in [0.5, 0.6) is 0 Å². The van der Waals surface area contributed by atoms with Crippen LogP contribution >= 0.6 is 11.8 Å². The molecule has 1 N–H and O–H groups in total. The highest BCUT2D eigenvalue weighted by Gasteiger charge is 2.11. The second-order valence-electron chi connectivity index (χ2n) is 1.91. The van der Waals surface area contributed by atoms with Crippen LogP contribution in [-0.4, -0.2) is 18.3 Å². The first-order valence-corrected chi connectivity index (χ1v) is 3.94. The van der Waals surface area contributed by atoms with Gasteiger partial charge < -0.3 is 0 Å². The van der Waals surface area contributed by atoms with Gasteiger partial charge in [-0.25, -0.2) is 0 Å². The Balaban J connectivity index is 2.26. The Morgan fingerprint density at radius 2 is 2.70 bits per heavy atom. The summed E-state index contributed by atoms with van der Waals surface area (Å²) in [6.07, 6.45) is 3.60. The van der Waals surface area contributed by atoms with Crippen LogP contribution < -0.4 is 5.32 Å². The maximum absolute atomic E-state index is 4.13. The van der Waals surface area contributed by atoms with Crippen molar-refractivity contribution < 1.29 is 0 Å². The van der Waals surface area contributed by atoms with Crippen LogP contribution in [0.2, 0.25) is 0 Å². The quantitative estimate of drug-likeness (QED) is 0.621. The summed E-state index contributed by atoms with van der Waals surface area (Å²) in [6, 6.07) is 0. The lowest BCUT2D eigenvalue weighted by Crippen LogP contribution is -2.21. The van der Waals surface area contributed by atoms with Crippen molar-refractivity contribution in [3.8, 4) is 0 Å². The van der Waals surface area contributed by atoms with Crippen LogP contribution in [0.1, 0.15) is 0 Å². The van der Waals surface area contributed by atoms with E-state index in [0.717, 1.165) is 11.4 Å². The van der Waals surface area contributed by atoms with Crippen molar-refractivity contribution in [2.45, 2.75) is 5.50 Å². The van der Waals surface area contributed by atoms with Crippen LogP contribution in [0.3, 0.4) is 0 Å². The Bertz CT molecular complexity index is 174. The highest BCUT2D eigenvalue weighted by molar-refractivity contribution is 8.04. The van der Waals surface area contributed by atoms with Gasteiger partial charge in [-0.1, -0.05) is 24.4 Å². The number of nitrogens with one attached hydrogen (secondary N) is 1. The molecule has 0 aromatic carbocycles. The van der Waals surface area contributed by atoms with Gasteiger partial charge in [-0.05, 0) is 0 Å². The Morgan fingerprint density at radius 3 is 3.20 bits per heavy atom. The number of thioether (sulfide) groups is 1. The van der Waals surface area contributed by atoms with Crippen molar-refractivity contribution in [3.63, 3.8) is 0 Å². The molecule has 0 aromatic heterocycles. The smallest absolute Gasteiger partial charge is 0.151 e. The van der Waals surface area contributed by atoms with Gasteiger partial charge in [0.1, 0.15) is 0 Å². The summed E-state index contributed by atoms with van der Waals surface area (Å²) in [6.45, 7) is 8.15. The zero-order chi connectivity index (χ0) is 7.40. The van der Waals surface area contributed by atoms with E-state index in [2.05, 4.69) is 23.5 Å². The fraction of sp³-hybridized carbons (Fsp3) is 0.286. The number of hydrogen-bond donors (Lipinski definition) is 1. The topological polar surface area (TPSA) is 24.4 Å². The van der Waals surface area contributed by atoms with Crippen LogP contribution in [0, 0.1) is 0 Å². The number of nitrogens with zero attached hydrogens (tertiary/aromatic N) is 1. The first-order chi connectivity index (χ1) is 4.83. The van der Waals surface area contributed by atoms with Gasteiger partial charge in [-0.3, -0.25) is 10.3 Å². The molecule has 54 valence electrons. The van der Waals surface area contributed by atoms with Gasteiger partial charge in [0.2, 0.25) is 0 Å². The van der Waals surface area contributed by atoms with E-state index in [-0.39, 0.29) is 5.50 Å². The molecular weight excluding hydrogens is 144 g/mol. The summed E-state index contributed by atoms with van der Waals surface area (Å²) in [5.41, 5.74) is 0.158. The first-order valence-electron chi connectivity index (χ1n) is 3.06. The standard InChI is InChI=1S/C7H10N2S/c1-3-4-8-7-9-5-6(2)10-7/h3,5,7-8H,1-2,4H2. The molecule has 0 aromatic rings. The van der Waals surface area contributed by atoms with Gasteiger partial charge in [0, 0.05) is 17.7 Å². The minimum absolute atomic E-state index is 0.158. The van der Waals surface area contributed by atoms with Crippen LogP contribution in [0.4, 0.5) is 0 Å². The minimum atomic E-state index is 0.158. The molecule has 1 rings (SSSR count). The first kappa shape index (κ1) is 7.57. The Kier molecular flexibility index (Phi) is 2.71. The van der Waals surface area contributed by atoms with Crippen molar-refractivity contribution in [1.82, 2.24) is 5.32 Å². The highest BCUT2D eigenvalue weighted by Crippen LogP contribution is 2.23. The molecule has 1 aliphatic rings. The third-order valence-corrected chi connectivity index (χ3v) is 1.97. The van der Waals surface area contributed by atoms with E-state index >= 15 is 0 Å². The van der Waals surface area contributed by atoms with Crippen molar-refractivity contribution in [3.05, 3.63) is 24.1 Å². The van der Waals surface area contributed by atoms with Gasteiger partial charge in [-0.15, -0.1) is 6.58 Å². The summed E-state index contributed by atoms with van der Waals surface area (Å²) in [4.78, 5) is 5.15. The molecule has 1 unspecified atom stereocenters. The normalized spacial score (nSPS) is 23.6. The lowest BCUT2D eigenvalue weighted by Gasteiger charge is -2.04. The van der Waals surface area contributed by atoms with E-state index in [1.165, 1.54) is 0 Å². The highest BCUT2D eigenvalue weighted by atomic mass is 32.2. The molecule has 0 aliphatic carbocycles. The van der Waals surface area contributed by atoms with E-state index < -0.39 is 0 Å². The zero-order valence-corrected chi connectivity index (χ0v) is 6.53. The SMILES string of the molecule is C=CCNC1N=CC(=C)S1. The lowest BCUT2D eigenvalue weighted by atomic mass is 10.6. The molecule has 2 nitrogen and oxygen atoms in total. The van der Waals surface area contributed by atoms with E-state index in [1.54, 1.807) is 18.0 Å². The van der Waals surface area contributed by atoms with E-state index in [4.69, 9.17) is 0 Å². The lowest BCUT2D eigenvalue weighted by molar-refractivity contribution is 0.737. The molecule has 3 heteroatoms. The third-order valence-electron chi connectivity index (χ3n) is 1.05. The van der Waals surface area contributed by atoms with Gasteiger partial charge in [-0.2, -0.15) is 0 Å². The maximum Gasteiger partial charge on any atom is 0.151 e. The molecule has 0 saturated heterocycles. The summed E-state index contributed by atoms with van der Waals surface area (Å²) in [5.74, 6) is 0. The van der Waals surface area contributed by atoms with Crippen molar-refractivity contribution in [2.24, 2.45) is 4.99 Å². The van der Waals surface area contributed by atoms with E-state index in [1.807, 2.05) is 6.08 Å². The molecule has 0 saturated carbocycles. The summed E-state index contributed by atoms with van der Waals surface area (Å²) >= 11 is 1.63. The Morgan fingerprint density at radius 1 is 1.90 bits per heavy atom. The zero-order valence-electron chi connectivity index (χ0n) is 5.71. The average molecular weight is 154 g/mol. The largest absolute Gasteiger partial charge is 0.283 e. The Labute approximate surface area is 65.1 Å². The number of aliphatic imine (C=N–C) groups is 1. The molecule has 10 heavy (non-hydrogen) atoms. The summed E-state index contributed by atoms with van der Waals surface area (Å²) < 4.78 is 0. The van der Waals surface area contributed by atoms with E-state index in [9.17, 15) is 0 Å².